The van der Waals surface area contributed by atoms with Gasteiger partial charge in [-0.3, -0.25) is 9.59 Å². The van der Waals surface area contributed by atoms with E-state index in [2.05, 4.69) is 0 Å². The van der Waals surface area contributed by atoms with Crippen LogP contribution in [0, 0.1) is 5.41 Å². The highest BCUT2D eigenvalue weighted by atomic mass is 127. The molecule has 1 rings (SSSR count). The van der Waals surface area contributed by atoms with Gasteiger partial charge in [-0.25, -0.2) is 0 Å². The molecule has 3 N–H and O–H groups in total. The van der Waals surface area contributed by atoms with Crippen LogP contribution in [0.4, 0.5) is 0 Å². The molecule has 1 saturated heterocycles. The first kappa shape index (κ1) is 14.8. The van der Waals surface area contributed by atoms with Crippen molar-refractivity contribution in [3.63, 3.8) is 0 Å². The zero-order chi connectivity index (χ0) is 13.4. The molecule has 17 heavy (non-hydrogen) atoms. The Kier molecular flexibility index (Phi) is 4.54. The number of likely N-dealkylation sites (tertiary alicyclic amines) is 1. The van der Waals surface area contributed by atoms with E-state index in [1.165, 1.54) is 4.90 Å². The highest BCUT2D eigenvalue weighted by Gasteiger charge is 2.44. The number of carbonyl (C=O) groups excluding carboxylic acids is 2. The molecule has 5 nitrogen and oxygen atoms in total. The number of hydrogen-bond donors (Lipinski definition) is 2. The fourth-order valence-electron chi connectivity index (χ4n) is 1.90. The van der Waals surface area contributed by atoms with Gasteiger partial charge in [0.05, 0.1) is 3.92 Å². The summed E-state index contributed by atoms with van der Waals surface area (Å²) in [7, 11) is 0. The van der Waals surface area contributed by atoms with E-state index < -0.39 is 17.7 Å². The molecule has 6 heteroatoms. The number of nitrogens with two attached hydrogens (primary N) is 1. The first-order valence-electron chi connectivity index (χ1n) is 5.57. The molecule has 3 atom stereocenters. The van der Waals surface area contributed by atoms with E-state index in [1.54, 1.807) is 20.8 Å². The minimum absolute atomic E-state index is 0.0439. The molecular formula is C11H19IN2O3. The minimum atomic E-state index is -0.914. The van der Waals surface area contributed by atoms with Gasteiger partial charge in [0, 0.05) is 18.4 Å². The van der Waals surface area contributed by atoms with Crippen molar-refractivity contribution < 1.29 is 14.7 Å². The van der Waals surface area contributed by atoms with Crippen molar-refractivity contribution in [2.45, 2.75) is 43.4 Å². The minimum Gasteiger partial charge on any atom is -0.372 e. The third-order valence-corrected chi connectivity index (χ3v) is 3.95. The van der Waals surface area contributed by atoms with Crippen LogP contribution in [0.5, 0.6) is 0 Å². The van der Waals surface area contributed by atoms with Crippen LogP contribution in [-0.2, 0) is 9.59 Å². The van der Waals surface area contributed by atoms with E-state index >= 15 is 0 Å². The van der Waals surface area contributed by atoms with Gasteiger partial charge in [-0.2, -0.15) is 0 Å². The molecule has 0 aromatic heterocycles. The first-order chi connectivity index (χ1) is 7.70. The Labute approximate surface area is 115 Å². The number of amides is 1. The van der Waals surface area contributed by atoms with Gasteiger partial charge in [-0.1, -0.05) is 43.4 Å². The third kappa shape index (κ3) is 2.97. The van der Waals surface area contributed by atoms with Gasteiger partial charge in [-0.15, -0.1) is 0 Å². The lowest BCUT2D eigenvalue weighted by Crippen LogP contribution is -2.54. The van der Waals surface area contributed by atoms with Crippen molar-refractivity contribution in [3.8, 4) is 0 Å². The summed E-state index contributed by atoms with van der Waals surface area (Å²) < 4.78 is -0.179. The van der Waals surface area contributed by atoms with Gasteiger partial charge in [-0.05, 0) is 0 Å². The van der Waals surface area contributed by atoms with E-state index in [0.717, 1.165) is 0 Å². The maximum atomic E-state index is 12.2. The smallest absolute Gasteiger partial charge is 0.226 e. The quantitative estimate of drug-likeness (QED) is 0.564. The maximum Gasteiger partial charge on any atom is 0.226 e. The van der Waals surface area contributed by atoms with E-state index in [4.69, 9.17) is 5.73 Å². The van der Waals surface area contributed by atoms with Crippen LogP contribution < -0.4 is 5.73 Å². The predicted molar refractivity (Wildman–Crippen MR) is 72.6 cm³/mol. The van der Waals surface area contributed by atoms with Crippen molar-refractivity contribution in [1.29, 1.82) is 0 Å². The van der Waals surface area contributed by atoms with Crippen LogP contribution in [0.3, 0.4) is 0 Å². The number of aliphatic hydroxyl groups is 1. The van der Waals surface area contributed by atoms with Crippen LogP contribution in [0.2, 0.25) is 0 Å². The molecule has 0 aromatic carbocycles. The normalized spacial score (nSPS) is 27.4. The second kappa shape index (κ2) is 5.19. The van der Waals surface area contributed by atoms with Crippen LogP contribution in [0.1, 0.15) is 27.2 Å². The van der Waals surface area contributed by atoms with Crippen molar-refractivity contribution in [1.82, 2.24) is 4.90 Å². The summed E-state index contributed by atoms with van der Waals surface area (Å²) in [5.41, 5.74) is 5.02. The lowest BCUT2D eigenvalue weighted by molar-refractivity contribution is -0.146. The van der Waals surface area contributed by atoms with E-state index in [9.17, 15) is 14.7 Å². The summed E-state index contributed by atoms with van der Waals surface area (Å²) in [6.45, 7) is 5.40. The summed E-state index contributed by atoms with van der Waals surface area (Å²) >= 11 is 2.02. The summed E-state index contributed by atoms with van der Waals surface area (Å²) in [5, 5.41) is 9.93. The van der Waals surface area contributed by atoms with Gasteiger partial charge >= 0.3 is 0 Å². The summed E-state index contributed by atoms with van der Waals surface area (Å²) in [6, 6.07) is -0.725. The molecule has 0 aromatic rings. The van der Waals surface area contributed by atoms with Crippen molar-refractivity contribution >= 4 is 34.3 Å². The highest BCUT2D eigenvalue weighted by Crippen LogP contribution is 2.29. The van der Waals surface area contributed by atoms with Crippen molar-refractivity contribution in [2.24, 2.45) is 11.1 Å². The average Bonchev–Trinajstić information content (AvgIpc) is 2.44. The SMILES string of the molecule is CC(C)(C)C(=O)[C@H](CN)N1C(=O)CC(I)C1O. The third-order valence-electron chi connectivity index (χ3n) is 2.87. The van der Waals surface area contributed by atoms with E-state index in [1.807, 2.05) is 22.6 Å². The fraction of sp³-hybridized carbons (Fsp3) is 0.818. The van der Waals surface area contributed by atoms with E-state index in [0.29, 0.717) is 0 Å². The number of Topliss-reactive ketones (excluding diaryl/α,β-unsaturated/α-hetero) is 1. The van der Waals surface area contributed by atoms with Gasteiger partial charge in [0.15, 0.2) is 5.78 Å². The molecule has 1 fully saturated rings. The zero-order valence-electron chi connectivity index (χ0n) is 10.3. The molecule has 2 unspecified atom stereocenters. The molecule has 0 aliphatic carbocycles. The number of ketones is 1. The van der Waals surface area contributed by atoms with Gasteiger partial charge in [0.2, 0.25) is 5.91 Å². The number of carbonyl (C=O) groups is 2. The Hall–Kier alpha value is -0.210. The monoisotopic (exact) mass is 354 g/mol. The molecule has 0 spiro atoms. The fourth-order valence-corrected chi connectivity index (χ4v) is 2.63. The van der Waals surface area contributed by atoms with Gasteiger partial charge in [0.1, 0.15) is 12.3 Å². The Morgan fingerprint density at radius 2 is 2.18 bits per heavy atom. The van der Waals surface area contributed by atoms with Gasteiger partial charge in [0.25, 0.3) is 0 Å². The van der Waals surface area contributed by atoms with Crippen molar-refractivity contribution in [3.05, 3.63) is 0 Å². The average molecular weight is 354 g/mol. The van der Waals surface area contributed by atoms with Gasteiger partial charge < -0.3 is 15.7 Å². The molecule has 1 aliphatic rings. The number of aliphatic hydroxyl groups excluding tert-OH is 1. The van der Waals surface area contributed by atoms with E-state index in [-0.39, 0.29) is 28.6 Å². The topological polar surface area (TPSA) is 83.6 Å². The summed E-state index contributed by atoms with van der Waals surface area (Å²) in [5.74, 6) is -0.317. The number of nitrogens with zero attached hydrogens (tertiary/aromatic N) is 1. The number of hydrogen-bond acceptors (Lipinski definition) is 4. The number of halogens is 1. The Balaban J connectivity index is 2.96. The number of alkyl halides is 1. The second-order valence-electron chi connectivity index (χ2n) is 5.30. The molecule has 1 aliphatic heterocycles. The molecule has 0 bridgehead atoms. The summed E-state index contributed by atoms with van der Waals surface area (Å²) in [6.07, 6.45) is -0.654. The summed E-state index contributed by atoms with van der Waals surface area (Å²) in [4.78, 5) is 25.2. The van der Waals surface area contributed by atoms with Crippen LogP contribution in [-0.4, -0.2) is 44.4 Å². The molecular weight excluding hydrogens is 335 g/mol. The molecule has 0 radical (unpaired) electrons. The molecule has 1 amide bonds. The lowest BCUT2D eigenvalue weighted by Gasteiger charge is -2.33. The maximum absolute atomic E-state index is 12.2. The Bertz CT molecular complexity index is 327. The predicted octanol–water partition coefficient (Wildman–Crippen LogP) is 0.283. The standard InChI is InChI=1S/C11H19IN2O3/c1-11(2,3)9(16)7(5-13)14-8(15)4-6(12)10(14)17/h6-7,10,17H,4-5,13H2,1-3H3/t6?,7-,10?/m0/s1. The zero-order valence-corrected chi connectivity index (χ0v) is 12.5. The van der Waals surface area contributed by atoms with Crippen LogP contribution in [0.25, 0.3) is 0 Å². The first-order valence-corrected chi connectivity index (χ1v) is 6.82. The van der Waals surface area contributed by atoms with Crippen molar-refractivity contribution in [2.75, 3.05) is 6.54 Å². The largest absolute Gasteiger partial charge is 0.372 e. The van der Waals surface area contributed by atoms with Crippen LogP contribution in [0.15, 0.2) is 0 Å². The lowest BCUT2D eigenvalue weighted by atomic mass is 9.86. The highest BCUT2D eigenvalue weighted by molar-refractivity contribution is 14.1. The molecule has 0 saturated carbocycles. The number of rotatable bonds is 3. The Morgan fingerprint density at radius 3 is 2.47 bits per heavy atom. The molecule has 1 heterocycles. The van der Waals surface area contributed by atoms with Crippen LogP contribution >= 0.6 is 22.6 Å². The molecule has 98 valence electrons. The second-order valence-corrected chi connectivity index (χ2v) is 6.90. The Morgan fingerprint density at radius 1 is 1.65 bits per heavy atom.